The van der Waals surface area contributed by atoms with Crippen molar-refractivity contribution in [2.75, 3.05) is 26.2 Å². The Morgan fingerprint density at radius 2 is 2.10 bits per heavy atom. The molecule has 3 saturated heterocycles. The van der Waals surface area contributed by atoms with Crippen LogP contribution in [0.2, 0.25) is 0 Å². The summed E-state index contributed by atoms with van der Waals surface area (Å²) in [4.78, 5) is 42.1. The third-order valence-electron chi connectivity index (χ3n) is 6.95. The number of fused-ring (bicyclic) bond motifs is 1. The largest absolute Gasteiger partial charge is 0.360 e. The summed E-state index contributed by atoms with van der Waals surface area (Å²) in [5.74, 6) is -1.13. The van der Waals surface area contributed by atoms with Gasteiger partial charge in [-0.15, -0.1) is 0 Å². The maximum absolute atomic E-state index is 13.5. The zero-order chi connectivity index (χ0) is 21.0. The van der Waals surface area contributed by atoms with Crippen LogP contribution in [0.25, 0.3) is 0 Å². The quantitative estimate of drug-likeness (QED) is 0.754. The van der Waals surface area contributed by atoms with Crippen molar-refractivity contribution in [2.45, 2.75) is 38.5 Å². The number of likely N-dealkylation sites (tertiary alicyclic amines) is 1. The van der Waals surface area contributed by atoms with Crippen molar-refractivity contribution in [1.29, 1.82) is 0 Å². The number of ether oxygens (including phenoxy) is 1. The van der Waals surface area contributed by atoms with Crippen molar-refractivity contribution in [2.24, 2.45) is 11.8 Å². The topological polar surface area (TPSA) is 79.0 Å². The molecule has 3 amide bonds. The second-order valence-electron chi connectivity index (χ2n) is 8.95. The molecule has 1 aromatic carbocycles. The van der Waals surface area contributed by atoms with Gasteiger partial charge in [-0.3, -0.25) is 14.4 Å². The molecule has 3 fully saturated rings. The molecule has 1 N–H and O–H groups in total. The first-order valence-electron chi connectivity index (χ1n) is 10.7. The monoisotopic (exact) mass is 409 g/mol. The van der Waals surface area contributed by atoms with E-state index in [1.54, 1.807) is 4.90 Å². The van der Waals surface area contributed by atoms with Gasteiger partial charge in [-0.05, 0) is 25.0 Å². The number of rotatable bonds is 3. The molecule has 4 atom stereocenters. The minimum absolute atomic E-state index is 0.00914. The minimum Gasteiger partial charge on any atom is -0.360 e. The molecule has 158 valence electrons. The van der Waals surface area contributed by atoms with E-state index in [0.717, 1.165) is 16.7 Å². The van der Waals surface area contributed by atoms with Gasteiger partial charge in [0.25, 0.3) is 0 Å². The molecule has 7 nitrogen and oxygen atoms in total. The number of aryl methyl sites for hydroxylation is 2. The van der Waals surface area contributed by atoms with Gasteiger partial charge < -0.3 is 19.9 Å². The third kappa shape index (κ3) is 2.95. The van der Waals surface area contributed by atoms with Gasteiger partial charge in [0.15, 0.2) is 0 Å². The predicted octanol–water partition coefficient (Wildman–Crippen LogP) is 0.934. The molecular weight excluding hydrogens is 382 g/mol. The maximum atomic E-state index is 13.5. The summed E-state index contributed by atoms with van der Waals surface area (Å²) in [5, 5.41) is 2.80. The SMILES string of the molecule is Cc1ccc(C)c(CN2C[C@]34C=C[C@H](O3)C(C(=O)N3CCNC(=O)CC3)C4C2=O)c1. The van der Waals surface area contributed by atoms with Gasteiger partial charge in [0.2, 0.25) is 17.7 Å². The Balaban J connectivity index is 1.39. The molecule has 0 aliphatic carbocycles. The van der Waals surface area contributed by atoms with Crippen LogP contribution in [0.1, 0.15) is 23.1 Å². The Kier molecular flexibility index (Phi) is 4.47. The lowest BCUT2D eigenvalue weighted by molar-refractivity contribution is -0.143. The first-order chi connectivity index (χ1) is 14.4. The Morgan fingerprint density at radius 3 is 2.93 bits per heavy atom. The molecule has 4 heterocycles. The van der Waals surface area contributed by atoms with Gasteiger partial charge in [0, 0.05) is 32.6 Å². The van der Waals surface area contributed by atoms with Crippen LogP contribution in [-0.2, 0) is 25.7 Å². The summed E-state index contributed by atoms with van der Waals surface area (Å²) < 4.78 is 6.25. The van der Waals surface area contributed by atoms with E-state index in [9.17, 15) is 14.4 Å². The summed E-state index contributed by atoms with van der Waals surface area (Å²) >= 11 is 0. The fourth-order valence-electron chi connectivity index (χ4n) is 5.37. The van der Waals surface area contributed by atoms with E-state index in [1.807, 2.05) is 24.0 Å². The highest BCUT2D eigenvalue weighted by Gasteiger charge is 2.67. The van der Waals surface area contributed by atoms with E-state index in [1.165, 1.54) is 0 Å². The second kappa shape index (κ2) is 6.94. The molecule has 4 aliphatic heterocycles. The fourth-order valence-corrected chi connectivity index (χ4v) is 5.37. The molecule has 2 unspecified atom stereocenters. The van der Waals surface area contributed by atoms with E-state index in [4.69, 9.17) is 4.74 Å². The first kappa shape index (κ1) is 19.3. The lowest BCUT2D eigenvalue weighted by Gasteiger charge is -2.29. The zero-order valence-corrected chi connectivity index (χ0v) is 17.4. The van der Waals surface area contributed by atoms with E-state index in [0.29, 0.717) is 39.1 Å². The molecule has 1 spiro atoms. The van der Waals surface area contributed by atoms with Crippen LogP contribution in [0.4, 0.5) is 0 Å². The molecule has 7 heteroatoms. The van der Waals surface area contributed by atoms with Crippen molar-refractivity contribution in [3.8, 4) is 0 Å². The molecular formula is C23H27N3O4. The zero-order valence-electron chi connectivity index (χ0n) is 17.4. The summed E-state index contributed by atoms with van der Waals surface area (Å²) in [6.45, 7) is 6.40. The first-order valence-corrected chi connectivity index (χ1v) is 10.7. The van der Waals surface area contributed by atoms with Crippen LogP contribution >= 0.6 is 0 Å². The predicted molar refractivity (Wildman–Crippen MR) is 109 cm³/mol. The van der Waals surface area contributed by atoms with Crippen LogP contribution in [0.3, 0.4) is 0 Å². The summed E-state index contributed by atoms with van der Waals surface area (Å²) in [5.41, 5.74) is 2.73. The lowest BCUT2D eigenvalue weighted by atomic mass is 9.76. The molecule has 0 radical (unpaired) electrons. The van der Waals surface area contributed by atoms with Gasteiger partial charge in [0.05, 0.1) is 24.5 Å². The highest BCUT2D eigenvalue weighted by atomic mass is 16.5. The fraction of sp³-hybridized carbons (Fsp3) is 0.522. The Labute approximate surface area is 176 Å². The third-order valence-corrected chi connectivity index (χ3v) is 6.95. The van der Waals surface area contributed by atoms with Crippen LogP contribution in [0.15, 0.2) is 30.4 Å². The van der Waals surface area contributed by atoms with Gasteiger partial charge in [-0.25, -0.2) is 0 Å². The number of benzene rings is 1. The van der Waals surface area contributed by atoms with Crippen molar-refractivity contribution >= 4 is 17.7 Å². The molecule has 0 saturated carbocycles. The number of hydrogen-bond acceptors (Lipinski definition) is 4. The van der Waals surface area contributed by atoms with Crippen LogP contribution in [-0.4, -0.2) is 65.4 Å². The molecule has 2 bridgehead atoms. The highest BCUT2D eigenvalue weighted by Crippen LogP contribution is 2.52. The van der Waals surface area contributed by atoms with Crippen molar-refractivity contribution < 1.29 is 19.1 Å². The molecule has 0 aromatic heterocycles. The van der Waals surface area contributed by atoms with Crippen molar-refractivity contribution in [3.05, 3.63) is 47.0 Å². The van der Waals surface area contributed by atoms with E-state index in [2.05, 4.69) is 30.4 Å². The van der Waals surface area contributed by atoms with Crippen molar-refractivity contribution in [1.82, 2.24) is 15.1 Å². The standard InChI is InChI=1S/C23H27N3O4/c1-14-3-4-15(2)16(11-14)12-26-13-23-7-5-17(30-23)19(20(23)22(26)29)21(28)25-9-6-18(27)24-8-10-25/h3-5,7,11,17,19-20H,6,8-10,12-13H2,1-2H3,(H,24,27)/t17-,19?,20?,23-/m0/s1. The lowest BCUT2D eigenvalue weighted by Crippen LogP contribution is -2.47. The van der Waals surface area contributed by atoms with Crippen LogP contribution in [0.5, 0.6) is 0 Å². The number of hydrogen-bond donors (Lipinski definition) is 1. The average molecular weight is 409 g/mol. The van der Waals surface area contributed by atoms with Crippen molar-refractivity contribution in [3.63, 3.8) is 0 Å². The normalized spacial score (nSPS) is 32.4. The summed E-state index contributed by atoms with van der Waals surface area (Å²) in [6.07, 6.45) is 3.86. The molecule has 4 aliphatic rings. The van der Waals surface area contributed by atoms with E-state index < -0.39 is 17.4 Å². The Hall–Kier alpha value is -2.67. The number of nitrogens with one attached hydrogen (secondary N) is 1. The Bertz CT molecular complexity index is 958. The van der Waals surface area contributed by atoms with Gasteiger partial charge in [0.1, 0.15) is 5.60 Å². The molecule has 30 heavy (non-hydrogen) atoms. The number of carbonyl (C=O) groups is 3. The molecule has 5 rings (SSSR count). The molecule has 1 aromatic rings. The minimum atomic E-state index is -0.709. The summed E-state index contributed by atoms with van der Waals surface area (Å²) in [6, 6.07) is 6.26. The average Bonchev–Trinajstić information content (AvgIpc) is 3.28. The Morgan fingerprint density at radius 1 is 1.27 bits per heavy atom. The number of amides is 3. The highest BCUT2D eigenvalue weighted by molar-refractivity contribution is 5.93. The van der Waals surface area contributed by atoms with Gasteiger partial charge >= 0.3 is 0 Å². The van der Waals surface area contributed by atoms with Crippen LogP contribution in [0, 0.1) is 25.7 Å². The van der Waals surface area contributed by atoms with Gasteiger partial charge in [-0.2, -0.15) is 0 Å². The maximum Gasteiger partial charge on any atom is 0.230 e. The summed E-state index contributed by atoms with van der Waals surface area (Å²) in [7, 11) is 0. The number of nitrogens with zero attached hydrogens (tertiary/aromatic N) is 2. The van der Waals surface area contributed by atoms with E-state index in [-0.39, 0.29) is 23.8 Å². The van der Waals surface area contributed by atoms with E-state index >= 15 is 0 Å². The smallest absolute Gasteiger partial charge is 0.230 e. The van der Waals surface area contributed by atoms with Crippen LogP contribution < -0.4 is 5.32 Å². The van der Waals surface area contributed by atoms with Gasteiger partial charge in [-0.1, -0.05) is 35.9 Å². The second-order valence-corrected chi connectivity index (χ2v) is 8.95. The number of carbonyl (C=O) groups excluding carboxylic acids is 3.